The van der Waals surface area contributed by atoms with E-state index in [4.69, 9.17) is 4.99 Å². The molecule has 2 nitrogen and oxygen atoms in total. The van der Waals surface area contributed by atoms with Crippen LogP contribution >= 0.6 is 0 Å². The summed E-state index contributed by atoms with van der Waals surface area (Å²) in [6.07, 6.45) is 3.11. The van der Waals surface area contributed by atoms with E-state index < -0.39 is 0 Å². The van der Waals surface area contributed by atoms with E-state index in [0.29, 0.717) is 0 Å². The molecule has 1 aliphatic heterocycles. The Kier molecular flexibility index (Phi) is 2.77. The molecule has 0 bridgehead atoms. The minimum atomic E-state index is -0.0463. The van der Waals surface area contributed by atoms with Gasteiger partial charge in [0.15, 0.2) is 0 Å². The van der Waals surface area contributed by atoms with Crippen LogP contribution in [0.1, 0.15) is 30.5 Å². The normalized spacial score (nSPS) is 16.4. The molecule has 1 aliphatic rings. The molecule has 0 fully saturated rings. The third-order valence-electron chi connectivity index (χ3n) is 4.47. The van der Waals surface area contributed by atoms with Crippen LogP contribution in [0.5, 0.6) is 0 Å². The number of benzene rings is 2. The number of aryl methyl sites for hydroxylation is 1. The molecule has 3 aromatic rings. The second kappa shape index (κ2) is 4.57. The fourth-order valence-corrected chi connectivity index (χ4v) is 3.42. The Balaban J connectivity index is 1.93. The molecule has 0 N–H and O–H groups in total. The van der Waals surface area contributed by atoms with Gasteiger partial charge < -0.3 is 4.57 Å². The fourth-order valence-electron chi connectivity index (χ4n) is 3.42. The highest BCUT2D eigenvalue weighted by molar-refractivity contribution is 6.15. The molecule has 4 rings (SSSR count). The summed E-state index contributed by atoms with van der Waals surface area (Å²) in [5.41, 5.74) is 6.21. The predicted molar refractivity (Wildman–Crippen MR) is 92.8 cm³/mol. The molecule has 0 unspecified atom stereocenters. The van der Waals surface area contributed by atoms with Crippen LogP contribution in [-0.2, 0) is 13.5 Å². The van der Waals surface area contributed by atoms with E-state index in [0.717, 1.165) is 12.1 Å². The van der Waals surface area contributed by atoms with Crippen molar-refractivity contribution in [1.29, 1.82) is 0 Å². The van der Waals surface area contributed by atoms with E-state index in [1.807, 2.05) is 0 Å². The summed E-state index contributed by atoms with van der Waals surface area (Å²) >= 11 is 0. The predicted octanol–water partition coefficient (Wildman–Crippen LogP) is 4.35. The first-order chi connectivity index (χ1) is 10.5. The summed E-state index contributed by atoms with van der Waals surface area (Å²) in [5, 5.41) is 1.27. The van der Waals surface area contributed by atoms with Crippen LogP contribution in [0.4, 0.5) is 0 Å². The molecule has 0 radical (unpaired) electrons. The van der Waals surface area contributed by atoms with Gasteiger partial charge in [-0.05, 0) is 44.0 Å². The third kappa shape index (κ3) is 2.07. The molecule has 0 aliphatic carbocycles. The van der Waals surface area contributed by atoms with Gasteiger partial charge >= 0.3 is 0 Å². The summed E-state index contributed by atoms with van der Waals surface area (Å²) in [6, 6.07) is 17.5. The van der Waals surface area contributed by atoms with Crippen LogP contribution in [0.15, 0.2) is 59.7 Å². The Morgan fingerprint density at radius 3 is 2.73 bits per heavy atom. The van der Waals surface area contributed by atoms with Gasteiger partial charge in [0.1, 0.15) is 0 Å². The lowest BCUT2D eigenvalue weighted by atomic mass is 9.85. The van der Waals surface area contributed by atoms with E-state index in [1.54, 1.807) is 0 Å². The van der Waals surface area contributed by atoms with E-state index in [-0.39, 0.29) is 5.54 Å². The lowest BCUT2D eigenvalue weighted by molar-refractivity contribution is 0.513. The summed E-state index contributed by atoms with van der Waals surface area (Å²) in [7, 11) is 2.08. The van der Waals surface area contributed by atoms with Gasteiger partial charge in [-0.25, -0.2) is 0 Å². The highest BCUT2D eigenvalue weighted by atomic mass is 14.9. The first-order valence-corrected chi connectivity index (χ1v) is 7.77. The summed E-state index contributed by atoms with van der Waals surface area (Å²) in [5.74, 6) is 0. The number of hydrogen-bond acceptors (Lipinski definition) is 1. The lowest BCUT2D eigenvalue weighted by Gasteiger charge is -2.29. The minimum Gasteiger partial charge on any atom is -0.351 e. The second-order valence-electron chi connectivity index (χ2n) is 6.81. The van der Waals surface area contributed by atoms with Crippen molar-refractivity contribution >= 4 is 16.6 Å². The van der Waals surface area contributed by atoms with Gasteiger partial charge in [0.25, 0.3) is 0 Å². The minimum absolute atomic E-state index is 0.0463. The number of aromatic nitrogens is 1. The lowest BCUT2D eigenvalue weighted by Crippen LogP contribution is -2.29. The molecule has 0 atom stereocenters. The van der Waals surface area contributed by atoms with Gasteiger partial charge in [0, 0.05) is 35.3 Å². The van der Waals surface area contributed by atoms with Crippen molar-refractivity contribution in [1.82, 2.24) is 4.57 Å². The Hall–Kier alpha value is -2.35. The van der Waals surface area contributed by atoms with Gasteiger partial charge in [-0.15, -0.1) is 0 Å². The zero-order chi connectivity index (χ0) is 15.3. The Morgan fingerprint density at radius 1 is 1.05 bits per heavy atom. The summed E-state index contributed by atoms with van der Waals surface area (Å²) < 4.78 is 2.15. The van der Waals surface area contributed by atoms with Gasteiger partial charge in [-0.1, -0.05) is 30.3 Å². The van der Waals surface area contributed by atoms with Crippen molar-refractivity contribution in [3.63, 3.8) is 0 Å². The quantitative estimate of drug-likeness (QED) is 0.633. The van der Waals surface area contributed by atoms with Crippen molar-refractivity contribution in [3.8, 4) is 0 Å². The monoisotopic (exact) mass is 288 g/mol. The van der Waals surface area contributed by atoms with E-state index >= 15 is 0 Å². The maximum Gasteiger partial charge on any atom is 0.0728 e. The maximum atomic E-state index is 5.05. The first-order valence-electron chi connectivity index (χ1n) is 7.77. The molecule has 2 heterocycles. The number of fused-ring (bicyclic) bond motifs is 2. The molecule has 110 valence electrons. The van der Waals surface area contributed by atoms with Crippen LogP contribution in [0.25, 0.3) is 10.9 Å². The molecule has 0 saturated heterocycles. The highest BCUT2D eigenvalue weighted by Gasteiger charge is 2.27. The van der Waals surface area contributed by atoms with Crippen LogP contribution in [-0.4, -0.2) is 15.8 Å². The molecule has 2 heteroatoms. The Bertz CT molecular complexity index is 897. The highest BCUT2D eigenvalue weighted by Crippen LogP contribution is 2.30. The maximum absolute atomic E-state index is 5.05. The smallest absolute Gasteiger partial charge is 0.0728 e. The van der Waals surface area contributed by atoms with E-state index in [9.17, 15) is 0 Å². The number of hydrogen-bond donors (Lipinski definition) is 0. The van der Waals surface area contributed by atoms with Crippen LogP contribution < -0.4 is 0 Å². The topological polar surface area (TPSA) is 17.3 Å². The van der Waals surface area contributed by atoms with Gasteiger partial charge in [-0.2, -0.15) is 0 Å². The Labute approximate surface area is 131 Å². The average Bonchev–Trinajstić information content (AvgIpc) is 2.86. The van der Waals surface area contributed by atoms with Crippen molar-refractivity contribution < 1.29 is 0 Å². The fraction of sp³-hybridized carbons (Fsp3) is 0.250. The number of rotatable bonds is 1. The third-order valence-corrected chi connectivity index (χ3v) is 4.47. The molecule has 1 aromatic heterocycles. The van der Waals surface area contributed by atoms with Crippen LogP contribution in [0.3, 0.4) is 0 Å². The zero-order valence-electron chi connectivity index (χ0n) is 13.3. The second-order valence-corrected chi connectivity index (χ2v) is 6.81. The Morgan fingerprint density at radius 2 is 1.86 bits per heavy atom. The molecule has 0 amide bonds. The van der Waals surface area contributed by atoms with Crippen molar-refractivity contribution in [3.05, 3.63) is 71.4 Å². The van der Waals surface area contributed by atoms with Crippen molar-refractivity contribution in [2.45, 2.75) is 25.8 Å². The van der Waals surface area contributed by atoms with Crippen molar-refractivity contribution in [2.24, 2.45) is 12.0 Å². The molecule has 2 aromatic carbocycles. The van der Waals surface area contributed by atoms with Crippen molar-refractivity contribution in [2.75, 3.05) is 0 Å². The average molecular weight is 288 g/mol. The van der Waals surface area contributed by atoms with E-state index in [2.05, 4.69) is 80.2 Å². The van der Waals surface area contributed by atoms with Crippen LogP contribution in [0.2, 0.25) is 0 Å². The van der Waals surface area contributed by atoms with E-state index in [1.165, 1.54) is 27.6 Å². The summed E-state index contributed by atoms with van der Waals surface area (Å²) in [4.78, 5) is 5.05. The SMILES string of the molecule is Cn1ccc2cc(C3=NC(C)(C)Cc4ccccc43)ccc21. The largest absolute Gasteiger partial charge is 0.351 e. The molecule has 22 heavy (non-hydrogen) atoms. The molecule has 0 saturated carbocycles. The molecule has 0 spiro atoms. The molecular formula is C20H20N2. The number of aliphatic imine (C=N–C) groups is 1. The van der Waals surface area contributed by atoms with Gasteiger partial charge in [-0.3, -0.25) is 4.99 Å². The van der Waals surface area contributed by atoms with Gasteiger partial charge in [0.2, 0.25) is 0 Å². The summed E-state index contributed by atoms with van der Waals surface area (Å²) in [6.45, 7) is 4.42. The zero-order valence-corrected chi connectivity index (χ0v) is 13.3. The first kappa shape index (κ1) is 13.3. The van der Waals surface area contributed by atoms with Crippen LogP contribution in [0, 0.1) is 0 Å². The standard InChI is InChI=1S/C20H20N2/c1-20(2)13-16-6-4-5-7-17(16)19(21-20)15-8-9-18-14(12-15)10-11-22(18)3/h4-12H,13H2,1-3H3. The van der Waals surface area contributed by atoms with Gasteiger partial charge in [0.05, 0.1) is 11.3 Å². The molecular weight excluding hydrogens is 268 g/mol. The number of nitrogens with zero attached hydrogens (tertiary/aromatic N) is 2.